The van der Waals surface area contributed by atoms with Crippen LogP contribution < -0.4 is 9.80 Å². The Morgan fingerprint density at radius 2 is 1.65 bits per heavy atom. The molecule has 2 N–H and O–H groups in total. The zero-order chi connectivity index (χ0) is 22.5. The van der Waals surface area contributed by atoms with Gasteiger partial charge in [0.2, 0.25) is 0 Å². The molecule has 6 heteroatoms. The van der Waals surface area contributed by atoms with E-state index in [0.29, 0.717) is 6.42 Å². The Morgan fingerprint density at radius 3 is 2.19 bits per heavy atom. The fraction of sp³-hybridized carbons (Fsp3) is 0.440. The van der Waals surface area contributed by atoms with Crippen molar-refractivity contribution in [1.82, 2.24) is 0 Å². The van der Waals surface area contributed by atoms with Crippen LogP contribution in [-0.4, -0.2) is 42.8 Å². The maximum absolute atomic E-state index is 11.4. The number of nitrogens with one attached hydrogen (secondary N) is 1. The molecule has 1 atom stereocenters. The standard InChI is InChI=1S/C25H31N3O3/c1-24(2,3)25(29,21-9-5-4-6-10-21)15-7-8-16-26-17-19-27(20-18-26)22-11-13-23(14-12-22)28(30)31/h4-6,9-14,29H,15-20H2,1-3H3/p+1/t25-/m1/s1. The van der Waals surface area contributed by atoms with Crippen molar-refractivity contribution >= 4 is 11.4 Å². The lowest BCUT2D eigenvalue weighted by Gasteiger charge is -2.39. The highest BCUT2D eigenvalue weighted by atomic mass is 16.6. The van der Waals surface area contributed by atoms with E-state index in [2.05, 4.69) is 16.7 Å². The van der Waals surface area contributed by atoms with Gasteiger partial charge in [-0.1, -0.05) is 57.0 Å². The quantitative estimate of drug-likeness (QED) is 0.442. The zero-order valence-electron chi connectivity index (χ0n) is 18.6. The minimum absolute atomic E-state index is 0.119. The van der Waals surface area contributed by atoms with E-state index in [1.165, 1.54) is 4.90 Å². The number of rotatable bonds is 5. The van der Waals surface area contributed by atoms with Crippen LogP contribution in [0.2, 0.25) is 0 Å². The van der Waals surface area contributed by atoms with Crippen molar-refractivity contribution < 1.29 is 14.9 Å². The molecule has 6 nitrogen and oxygen atoms in total. The molecule has 1 saturated heterocycles. The molecule has 1 heterocycles. The molecule has 0 amide bonds. The van der Waals surface area contributed by atoms with E-state index in [4.69, 9.17) is 0 Å². The number of hydrogen-bond acceptors (Lipinski definition) is 4. The van der Waals surface area contributed by atoms with Gasteiger partial charge in [0.25, 0.3) is 5.69 Å². The summed E-state index contributed by atoms with van der Waals surface area (Å²) in [7, 11) is 0. The first-order valence-corrected chi connectivity index (χ1v) is 10.8. The summed E-state index contributed by atoms with van der Waals surface area (Å²) >= 11 is 0. The fourth-order valence-electron chi connectivity index (χ4n) is 3.94. The Hall–Kier alpha value is -2.88. The van der Waals surface area contributed by atoms with Gasteiger partial charge in [-0.15, -0.1) is 0 Å². The van der Waals surface area contributed by atoms with Gasteiger partial charge >= 0.3 is 0 Å². The van der Waals surface area contributed by atoms with Crippen LogP contribution in [0.25, 0.3) is 0 Å². The maximum Gasteiger partial charge on any atom is 0.269 e. The number of hydrogen-bond donors (Lipinski definition) is 2. The molecule has 0 radical (unpaired) electrons. The Bertz CT molecular complexity index is 934. The van der Waals surface area contributed by atoms with Gasteiger partial charge in [0.1, 0.15) is 12.1 Å². The van der Waals surface area contributed by atoms with Crippen molar-refractivity contribution in [2.45, 2.75) is 32.8 Å². The first kappa shape index (κ1) is 22.8. The summed E-state index contributed by atoms with van der Waals surface area (Å²) in [6, 6.07) is 16.6. The van der Waals surface area contributed by atoms with Crippen LogP contribution >= 0.6 is 0 Å². The van der Waals surface area contributed by atoms with Gasteiger partial charge in [0, 0.05) is 24.2 Å². The maximum atomic E-state index is 11.4. The van der Waals surface area contributed by atoms with Crippen LogP contribution in [-0.2, 0) is 5.60 Å². The summed E-state index contributed by atoms with van der Waals surface area (Å²) in [5.74, 6) is 6.53. The summed E-state index contributed by atoms with van der Waals surface area (Å²) in [5.41, 5.74) is 0.723. The van der Waals surface area contributed by atoms with Gasteiger partial charge in [0.15, 0.2) is 0 Å². The molecule has 0 saturated carbocycles. The van der Waals surface area contributed by atoms with Crippen molar-refractivity contribution in [1.29, 1.82) is 0 Å². The number of non-ortho nitro benzene ring substituents is 1. The summed E-state index contributed by atoms with van der Waals surface area (Å²) in [5, 5.41) is 22.2. The molecule has 1 fully saturated rings. The van der Waals surface area contributed by atoms with Crippen LogP contribution in [0.5, 0.6) is 0 Å². The van der Waals surface area contributed by atoms with Crippen LogP contribution in [0, 0.1) is 27.4 Å². The van der Waals surface area contributed by atoms with Gasteiger partial charge in [0.05, 0.1) is 31.1 Å². The first-order valence-electron chi connectivity index (χ1n) is 10.8. The molecule has 0 aromatic heterocycles. The summed E-state index contributed by atoms with van der Waals surface area (Å²) < 4.78 is 0. The number of piperazine rings is 1. The number of quaternary nitrogens is 1. The third-order valence-electron chi connectivity index (χ3n) is 6.20. The van der Waals surface area contributed by atoms with Crippen molar-refractivity contribution in [3.8, 4) is 11.8 Å². The Kier molecular flexibility index (Phi) is 6.99. The number of aliphatic hydroxyl groups is 1. The number of nitro groups is 1. The number of benzene rings is 2. The molecule has 0 bridgehead atoms. The van der Waals surface area contributed by atoms with E-state index in [9.17, 15) is 15.2 Å². The average molecular weight is 423 g/mol. The second-order valence-electron chi connectivity index (χ2n) is 9.19. The Balaban J connectivity index is 1.54. The van der Waals surface area contributed by atoms with Gasteiger partial charge in [-0.05, 0) is 29.0 Å². The molecule has 0 unspecified atom stereocenters. The Morgan fingerprint density at radius 1 is 1.03 bits per heavy atom. The second kappa shape index (κ2) is 9.51. The molecule has 0 spiro atoms. The molecule has 2 aromatic rings. The monoisotopic (exact) mass is 422 g/mol. The second-order valence-corrected chi connectivity index (χ2v) is 9.19. The highest BCUT2D eigenvalue weighted by molar-refractivity contribution is 5.51. The summed E-state index contributed by atoms with van der Waals surface area (Å²) in [6.07, 6.45) is 0.405. The highest BCUT2D eigenvalue weighted by Crippen LogP contribution is 2.41. The van der Waals surface area contributed by atoms with E-state index < -0.39 is 5.60 Å². The number of anilines is 1. The van der Waals surface area contributed by atoms with Crippen molar-refractivity contribution in [2.75, 3.05) is 37.6 Å². The number of nitro benzene ring substituents is 1. The normalized spacial score (nSPS) is 16.8. The van der Waals surface area contributed by atoms with E-state index in [1.54, 1.807) is 12.1 Å². The average Bonchev–Trinajstić information content (AvgIpc) is 2.77. The zero-order valence-corrected chi connectivity index (χ0v) is 18.6. The highest BCUT2D eigenvalue weighted by Gasteiger charge is 2.40. The third-order valence-corrected chi connectivity index (χ3v) is 6.20. The molecule has 31 heavy (non-hydrogen) atoms. The van der Waals surface area contributed by atoms with Crippen LogP contribution in [0.3, 0.4) is 0 Å². The lowest BCUT2D eigenvalue weighted by Crippen LogP contribution is -3.14. The van der Waals surface area contributed by atoms with Gasteiger partial charge in [-0.25, -0.2) is 0 Å². The van der Waals surface area contributed by atoms with Gasteiger partial charge in [-0.2, -0.15) is 0 Å². The van der Waals surface area contributed by atoms with E-state index in [1.807, 2.05) is 63.2 Å². The molecule has 0 aliphatic carbocycles. The fourth-order valence-corrected chi connectivity index (χ4v) is 3.94. The molecular formula is C25H32N3O3+. The largest absolute Gasteiger partial charge is 0.384 e. The SMILES string of the molecule is CC(C)(C)[C@@](O)(CC#CC[NH+]1CCN(c2ccc([N+](=O)[O-])cc2)CC1)c1ccccc1. The molecule has 164 valence electrons. The molecular weight excluding hydrogens is 390 g/mol. The predicted octanol–water partition coefficient (Wildman–Crippen LogP) is 2.63. The topological polar surface area (TPSA) is 71.0 Å². The van der Waals surface area contributed by atoms with E-state index in [0.717, 1.165) is 44.0 Å². The predicted molar refractivity (Wildman–Crippen MR) is 123 cm³/mol. The van der Waals surface area contributed by atoms with Crippen molar-refractivity contribution in [3.05, 3.63) is 70.3 Å². The molecule has 1 aliphatic heterocycles. The van der Waals surface area contributed by atoms with E-state index >= 15 is 0 Å². The lowest BCUT2D eigenvalue weighted by molar-refractivity contribution is -0.893. The minimum atomic E-state index is -0.995. The third kappa shape index (κ3) is 5.43. The molecule has 1 aliphatic rings. The lowest BCUT2D eigenvalue weighted by atomic mass is 9.70. The Labute approximate surface area is 184 Å². The molecule has 3 rings (SSSR count). The van der Waals surface area contributed by atoms with Gasteiger partial charge in [-0.3, -0.25) is 10.1 Å². The first-order chi connectivity index (χ1) is 14.7. The van der Waals surface area contributed by atoms with Gasteiger partial charge < -0.3 is 14.9 Å². The number of nitrogens with zero attached hydrogens (tertiary/aromatic N) is 2. The van der Waals surface area contributed by atoms with Crippen LogP contribution in [0.1, 0.15) is 32.8 Å². The summed E-state index contributed by atoms with van der Waals surface area (Å²) in [6.45, 7) is 10.6. The minimum Gasteiger partial charge on any atom is -0.384 e. The molecule has 2 aromatic carbocycles. The van der Waals surface area contributed by atoms with Crippen molar-refractivity contribution in [2.24, 2.45) is 5.41 Å². The van der Waals surface area contributed by atoms with Crippen molar-refractivity contribution in [3.63, 3.8) is 0 Å². The summed E-state index contributed by atoms with van der Waals surface area (Å²) in [4.78, 5) is 14.1. The van der Waals surface area contributed by atoms with Crippen LogP contribution in [0.15, 0.2) is 54.6 Å². The van der Waals surface area contributed by atoms with E-state index in [-0.39, 0.29) is 16.0 Å². The smallest absolute Gasteiger partial charge is 0.269 e. The van der Waals surface area contributed by atoms with Crippen LogP contribution in [0.4, 0.5) is 11.4 Å².